The summed E-state index contributed by atoms with van der Waals surface area (Å²) in [7, 11) is 0. The van der Waals surface area contributed by atoms with E-state index in [-0.39, 0.29) is 11.5 Å². The molecule has 8 unspecified atom stereocenters. The van der Waals surface area contributed by atoms with Gasteiger partial charge in [-0.2, -0.15) is 0 Å². The Hall–Kier alpha value is -0.830. The summed E-state index contributed by atoms with van der Waals surface area (Å²) in [5.74, 6) is 4.20. The quantitative estimate of drug-likeness (QED) is 0.303. The molecule has 3 nitrogen and oxygen atoms in total. The Morgan fingerprint density at radius 1 is 1.03 bits per heavy atom. The fraction of sp³-hybridized carbons (Fsp3) is 0.906. The summed E-state index contributed by atoms with van der Waals surface area (Å²) < 4.78 is 5.20. The summed E-state index contributed by atoms with van der Waals surface area (Å²) in [5, 5.41) is 0. The molecule has 35 heavy (non-hydrogen) atoms. The maximum absolute atomic E-state index is 12.0. The van der Waals surface area contributed by atoms with Crippen LogP contribution < -0.4 is 5.73 Å². The zero-order valence-corrected chi connectivity index (χ0v) is 24.4. The zero-order valence-electron chi connectivity index (χ0n) is 24.4. The summed E-state index contributed by atoms with van der Waals surface area (Å²) in [6, 6.07) is 0. The van der Waals surface area contributed by atoms with Crippen LogP contribution in [-0.4, -0.2) is 18.1 Å². The summed E-state index contributed by atoms with van der Waals surface area (Å²) in [6.07, 6.45) is 15.7. The van der Waals surface area contributed by atoms with Crippen molar-refractivity contribution >= 4 is 5.97 Å². The number of fused-ring (bicyclic) bond motifs is 5. The fourth-order valence-corrected chi connectivity index (χ4v) is 9.88. The molecule has 4 saturated carbocycles. The number of esters is 1. The van der Waals surface area contributed by atoms with Gasteiger partial charge in [-0.15, -0.1) is 0 Å². The van der Waals surface area contributed by atoms with Crippen molar-refractivity contribution in [1.82, 2.24) is 0 Å². The first-order valence-corrected chi connectivity index (χ1v) is 15.2. The molecule has 9 atom stereocenters. The van der Waals surface area contributed by atoms with Crippen molar-refractivity contribution in [2.24, 2.45) is 52.1 Å². The molecule has 202 valence electrons. The molecule has 0 aliphatic heterocycles. The molecule has 4 fully saturated rings. The summed E-state index contributed by atoms with van der Waals surface area (Å²) in [6.45, 7) is 18.5. The number of hydrogen-bond donors (Lipinski definition) is 1. The lowest BCUT2D eigenvalue weighted by atomic mass is 9.41. The SMILES string of the molecule is C/C=C(/C)C1CCC2(C)C(CCC3(N)C2CCC2(C)C([C@H](C)CCC(=O)OCC)CCC23)C1.CC. The van der Waals surface area contributed by atoms with E-state index in [2.05, 4.69) is 40.7 Å². The lowest BCUT2D eigenvalue weighted by Crippen LogP contribution is -2.68. The average Bonchev–Trinajstić information content (AvgIpc) is 3.21. The van der Waals surface area contributed by atoms with Crippen LogP contribution in [0.2, 0.25) is 0 Å². The number of allylic oxidation sites excluding steroid dienone is 2. The predicted molar refractivity (Wildman–Crippen MR) is 148 cm³/mol. The largest absolute Gasteiger partial charge is 0.466 e. The molecule has 0 radical (unpaired) electrons. The van der Waals surface area contributed by atoms with E-state index < -0.39 is 0 Å². The highest BCUT2D eigenvalue weighted by Crippen LogP contribution is 2.69. The second-order valence-electron chi connectivity index (χ2n) is 13.0. The Morgan fingerprint density at radius 2 is 1.69 bits per heavy atom. The zero-order chi connectivity index (χ0) is 26.0. The molecule has 0 heterocycles. The maximum atomic E-state index is 12.0. The van der Waals surface area contributed by atoms with E-state index in [1.807, 2.05) is 20.8 Å². The molecule has 0 saturated heterocycles. The number of ether oxygens (including phenoxy) is 1. The van der Waals surface area contributed by atoms with Crippen LogP contribution in [0.1, 0.15) is 126 Å². The molecule has 4 aliphatic rings. The van der Waals surface area contributed by atoms with Crippen LogP contribution in [0.25, 0.3) is 0 Å². The lowest BCUT2D eigenvalue weighted by Gasteiger charge is -2.66. The Kier molecular flexibility index (Phi) is 9.26. The van der Waals surface area contributed by atoms with Gasteiger partial charge >= 0.3 is 5.97 Å². The van der Waals surface area contributed by atoms with Crippen molar-refractivity contribution in [3.05, 3.63) is 11.6 Å². The van der Waals surface area contributed by atoms with Crippen LogP contribution in [0.4, 0.5) is 0 Å². The minimum absolute atomic E-state index is 0.0103. The highest BCUT2D eigenvalue weighted by molar-refractivity contribution is 5.69. The first kappa shape index (κ1) is 28.7. The summed E-state index contributed by atoms with van der Waals surface area (Å²) in [5.41, 5.74) is 9.96. The van der Waals surface area contributed by atoms with Gasteiger partial charge in [-0.3, -0.25) is 4.79 Å². The minimum Gasteiger partial charge on any atom is -0.466 e. The number of nitrogens with two attached hydrogens (primary N) is 1. The first-order valence-electron chi connectivity index (χ1n) is 15.2. The van der Waals surface area contributed by atoms with Gasteiger partial charge in [-0.05, 0) is 131 Å². The highest BCUT2D eigenvalue weighted by Gasteiger charge is 2.65. The predicted octanol–water partition coefficient (Wildman–Crippen LogP) is 8.31. The van der Waals surface area contributed by atoms with Crippen LogP contribution in [0.15, 0.2) is 11.6 Å². The number of carbonyl (C=O) groups is 1. The number of hydrogen-bond acceptors (Lipinski definition) is 3. The average molecular weight is 488 g/mol. The molecular formula is C32H57NO2. The minimum atomic E-state index is -0.0296. The summed E-state index contributed by atoms with van der Waals surface area (Å²) >= 11 is 0. The maximum Gasteiger partial charge on any atom is 0.305 e. The Labute approximate surface area is 217 Å². The molecule has 0 bridgehead atoms. The number of carbonyl (C=O) groups excluding carboxylic acids is 1. The molecule has 3 heteroatoms. The Bertz CT molecular complexity index is 761. The van der Waals surface area contributed by atoms with Gasteiger partial charge < -0.3 is 10.5 Å². The molecule has 0 spiro atoms. The molecule has 0 aromatic heterocycles. The number of rotatable bonds is 6. The van der Waals surface area contributed by atoms with Crippen molar-refractivity contribution in [3.63, 3.8) is 0 Å². The van der Waals surface area contributed by atoms with E-state index in [4.69, 9.17) is 10.5 Å². The van der Waals surface area contributed by atoms with E-state index in [1.54, 1.807) is 5.57 Å². The Balaban J connectivity index is 0.00000167. The van der Waals surface area contributed by atoms with Gasteiger partial charge in [0.1, 0.15) is 0 Å². The van der Waals surface area contributed by atoms with Gasteiger partial charge in [0.2, 0.25) is 0 Å². The van der Waals surface area contributed by atoms with Crippen LogP contribution in [0.3, 0.4) is 0 Å². The molecule has 4 rings (SSSR count). The molecule has 0 amide bonds. The second-order valence-corrected chi connectivity index (χ2v) is 13.0. The molecule has 0 aromatic rings. The standard InChI is InChI=1S/C30H51NO2.C2H6/c1-7-20(3)22-13-16-28(5)23(19-22)14-18-30(31)25-11-10-24(29(25,6)17-15-26(28)30)21(4)9-12-27(32)33-8-2;1-2/h7,21-26H,8-19,31H2,1-6H3;1-2H3/b20-7-;/t21-,22?,23?,24?,25?,26?,28?,29?,30?;/m1./s1. The Morgan fingerprint density at radius 3 is 2.34 bits per heavy atom. The normalized spacial score (nSPS) is 43.7. The fourth-order valence-electron chi connectivity index (χ4n) is 9.88. The smallest absolute Gasteiger partial charge is 0.305 e. The lowest BCUT2D eigenvalue weighted by molar-refractivity contribution is -0.144. The van der Waals surface area contributed by atoms with Crippen molar-refractivity contribution < 1.29 is 9.53 Å². The van der Waals surface area contributed by atoms with Crippen molar-refractivity contribution in [2.45, 2.75) is 132 Å². The first-order chi connectivity index (χ1) is 16.6. The molecular weight excluding hydrogens is 430 g/mol. The van der Waals surface area contributed by atoms with Gasteiger partial charge in [0, 0.05) is 12.0 Å². The van der Waals surface area contributed by atoms with Gasteiger partial charge in [0.25, 0.3) is 0 Å². The van der Waals surface area contributed by atoms with Crippen molar-refractivity contribution in [3.8, 4) is 0 Å². The summed E-state index contributed by atoms with van der Waals surface area (Å²) in [4.78, 5) is 12.0. The van der Waals surface area contributed by atoms with Gasteiger partial charge in [0.05, 0.1) is 6.61 Å². The molecule has 4 aliphatic carbocycles. The van der Waals surface area contributed by atoms with Crippen LogP contribution in [0.5, 0.6) is 0 Å². The van der Waals surface area contributed by atoms with Crippen molar-refractivity contribution in [2.75, 3.05) is 6.61 Å². The van der Waals surface area contributed by atoms with Gasteiger partial charge in [-0.1, -0.05) is 46.3 Å². The van der Waals surface area contributed by atoms with Crippen LogP contribution in [0, 0.1) is 46.3 Å². The van der Waals surface area contributed by atoms with Crippen LogP contribution >= 0.6 is 0 Å². The third-order valence-electron chi connectivity index (χ3n) is 11.8. The van der Waals surface area contributed by atoms with E-state index in [1.165, 1.54) is 57.8 Å². The third-order valence-corrected chi connectivity index (χ3v) is 11.8. The molecule has 2 N–H and O–H groups in total. The second kappa shape index (κ2) is 11.3. The van der Waals surface area contributed by atoms with E-state index in [0.29, 0.717) is 47.5 Å². The van der Waals surface area contributed by atoms with Gasteiger partial charge in [-0.25, -0.2) is 0 Å². The van der Waals surface area contributed by atoms with Gasteiger partial charge in [0.15, 0.2) is 0 Å². The molecule has 0 aromatic carbocycles. The van der Waals surface area contributed by atoms with Crippen LogP contribution in [-0.2, 0) is 9.53 Å². The van der Waals surface area contributed by atoms with Crippen molar-refractivity contribution in [1.29, 1.82) is 0 Å². The van der Waals surface area contributed by atoms with E-state index in [0.717, 1.165) is 18.3 Å². The van der Waals surface area contributed by atoms with E-state index in [9.17, 15) is 4.79 Å². The third kappa shape index (κ3) is 5.01. The monoisotopic (exact) mass is 487 g/mol. The highest BCUT2D eigenvalue weighted by atomic mass is 16.5. The van der Waals surface area contributed by atoms with E-state index >= 15 is 0 Å². The topological polar surface area (TPSA) is 52.3 Å².